The van der Waals surface area contributed by atoms with Crippen LogP contribution in [0.2, 0.25) is 10.0 Å². The summed E-state index contributed by atoms with van der Waals surface area (Å²) in [7, 11) is 0. The highest BCUT2D eigenvalue weighted by atomic mass is 35.5. The molecule has 0 aliphatic carbocycles. The van der Waals surface area contributed by atoms with Gasteiger partial charge in [-0.05, 0) is 68.7 Å². The molecule has 2 aromatic rings. The lowest BCUT2D eigenvalue weighted by molar-refractivity contribution is -0.151. The van der Waals surface area contributed by atoms with E-state index in [2.05, 4.69) is 10.6 Å². The van der Waals surface area contributed by atoms with Crippen LogP contribution in [0.15, 0.2) is 48.5 Å². The largest absolute Gasteiger partial charge is 0.444 e. The summed E-state index contributed by atoms with van der Waals surface area (Å²) in [6, 6.07) is 11.8. The molecule has 10 nitrogen and oxygen atoms in total. The highest BCUT2D eigenvalue weighted by Gasteiger charge is 2.41. The molecule has 1 fully saturated rings. The second kappa shape index (κ2) is 14.2. The van der Waals surface area contributed by atoms with Crippen LogP contribution in [0.4, 0.5) is 9.59 Å². The Balaban J connectivity index is 1.76. The summed E-state index contributed by atoms with van der Waals surface area (Å²) in [6.07, 6.45) is -0.183. The zero-order valence-corrected chi connectivity index (χ0v) is 25.8. The first-order chi connectivity index (χ1) is 19.3. The predicted molar refractivity (Wildman–Crippen MR) is 158 cm³/mol. The number of halogens is 2. The standard InChI is InChI=1S/C28H34Cl2N4O6S/c1-6-17(2)22(31-26(37)40-28(3,4)5)24(36)39-16-33-25(32-23(35)19-9-13-21(30)14-10-19)41-34(27(33)38)15-18-7-11-20(29)12-8-18/h7-14,17,22,25H,6,15-16H2,1-5H3,(H,31,37)(H,32,35). The van der Waals surface area contributed by atoms with Crippen molar-refractivity contribution in [3.8, 4) is 0 Å². The molecule has 1 saturated heterocycles. The zero-order valence-electron chi connectivity index (χ0n) is 23.5. The second-order valence-electron chi connectivity index (χ2n) is 10.5. The van der Waals surface area contributed by atoms with Crippen LogP contribution in [0.1, 0.15) is 57.0 Å². The summed E-state index contributed by atoms with van der Waals surface area (Å²) in [5.41, 5.74) is -0.480. The van der Waals surface area contributed by atoms with Crippen LogP contribution in [0.3, 0.4) is 0 Å². The van der Waals surface area contributed by atoms with E-state index < -0.39 is 47.9 Å². The molecular weight excluding hydrogens is 591 g/mol. The third-order valence-electron chi connectivity index (χ3n) is 6.05. The highest BCUT2D eigenvalue weighted by molar-refractivity contribution is 7.98. The van der Waals surface area contributed by atoms with E-state index in [1.54, 1.807) is 76.2 Å². The molecule has 3 rings (SSSR count). The van der Waals surface area contributed by atoms with E-state index in [-0.39, 0.29) is 12.5 Å². The number of hydrogen-bond acceptors (Lipinski definition) is 7. The van der Waals surface area contributed by atoms with E-state index >= 15 is 0 Å². The van der Waals surface area contributed by atoms with Crippen molar-refractivity contribution in [2.75, 3.05) is 6.73 Å². The van der Waals surface area contributed by atoms with Crippen LogP contribution < -0.4 is 10.6 Å². The summed E-state index contributed by atoms with van der Waals surface area (Å²) < 4.78 is 12.3. The number of esters is 1. The van der Waals surface area contributed by atoms with Crippen LogP contribution in [0.25, 0.3) is 0 Å². The first-order valence-corrected chi connectivity index (χ1v) is 14.6. The molecule has 1 aliphatic heterocycles. The summed E-state index contributed by atoms with van der Waals surface area (Å²) >= 11 is 13.0. The van der Waals surface area contributed by atoms with Gasteiger partial charge in [0.1, 0.15) is 11.6 Å². The summed E-state index contributed by atoms with van der Waals surface area (Å²) in [4.78, 5) is 53.1. The summed E-state index contributed by atoms with van der Waals surface area (Å²) in [6.45, 7) is 8.57. The van der Waals surface area contributed by atoms with Crippen LogP contribution >= 0.6 is 35.1 Å². The van der Waals surface area contributed by atoms with Crippen LogP contribution in [0, 0.1) is 5.92 Å². The van der Waals surface area contributed by atoms with Gasteiger partial charge < -0.3 is 20.1 Å². The molecule has 222 valence electrons. The quantitative estimate of drug-likeness (QED) is 0.245. The zero-order chi connectivity index (χ0) is 30.3. The van der Waals surface area contributed by atoms with Gasteiger partial charge in [-0.15, -0.1) is 0 Å². The van der Waals surface area contributed by atoms with Gasteiger partial charge in [-0.2, -0.15) is 0 Å². The Morgan fingerprint density at radius 1 is 1.02 bits per heavy atom. The molecule has 1 aliphatic rings. The van der Waals surface area contributed by atoms with E-state index in [1.807, 2.05) is 6.92 Å². The monoisotopic (exact) mass is 624 g/mol. The van der Waals surface area contributed by atoms with E-state index in [4.69, 9.17) is 32.7 Å². The molecule has 4 amide bonds. The molecular formula is C28H34Cl2N4O6S. The van der Waals surface area contributed by atoms with Gasteiger partial charge in [-0.3, -0.25) is 14.0 Å². The molecule has 0 radical (unpaired) electrons. The first kappa shape index (κ1) is 32.4. The lowest BCUT2D eigenvalue weighted by Gasteiger charge is -2.27. The van der Waals surface area contributed by atoms with E-state index in [0.29, 0.717) is 22.0 Å². The van der Waals surface area contributed by atoms with Crippen molar-refractivity contribution >= 4 is 59.2 Å². The van der Waals surface area contributed by atoms with Gasteiger partial charge in [0, 0.05) is 27.6 Å². The van der Waals surface area contributed by atoms with Crippen molar-refractivity contribution in [2.24, 2.45) is 5.92 Å². The van der Waals surface area contributed by atoms with E-state index in [9.17, 15) is 19.2 Å². The number of ether oxygens (including phenoxy) is 2. The Bertz CT molecular complexity index is 1240. The van der Waals surface area contributed by atoms with Crippen molar-refractivity contribution in [3.63, 3.8) is 0 Å². The second-order valence-corrected chi connectivity index (χ2v) is 12.4. The number of carbonyl (C=O) groups is 4. The van der Waals surface area contributed by atoms with Crippen molar-refractivity contribution in [3.05, 3.63) is 69.7 Å². The average molecular weight is 626 g/mol. The van der Waals surface area contributed by atoms with Gasteiger partial charge in [0.05, 0.1) is 6.54 Å². The maximum absolute atomic E-state index is 13.4. The number of amides is 4. The van der Waals surface area contributed by atoms with E-state index in [1.165, 1.54) is 9.21 Å². The molecule has 2 N–H and O–H groups in total. The Labute approximate surface area is 254 Å². The fourth-order valence-corrected chi connectivity index (χ4v) is 5.01. The number of nitrogens with one attached hydrogen (secondary N) is 2. The lowest BCUT2D eigenvalue weighted by Crippen LogP contribution is -2.50. The van der Waals surface area contributed by atoms with Crippen molar-refractivity contribution in [1.82, 2.24) is 19.8 Å². The van der Waals surface area contributed by atoms with Crippen LogP contribution in [0.5, 0.6) is 0 Å². The summed E-state index contributed by atoms with van der Waals surface area (Å²) in [5.74, 6) is -1.46. The number of benzene rings is 2. The van der Waals surface area contributed by atoms with Gasteiger partial charge in [-0.25, -0.2) is 14.4 Å². The van der Waals surface area contributed by atoms with Crippen LogP contribution in [-0.4, -0.2) is 57.1 Å². The molecule has 0 spiro atoms. The van der Waals surface area contributed by atoms with Gasteiger partial charge in [0.2, 0.25) is 0 Å². The van der Waals surface area contributed by atoms with Gasteiger partial charge in [0.15, 0.2) is 12.2 Å². The Kier molecular flexibility index (Phi) is 11.2. The van der Waals surface area contributed by atoms with Crippen molar-refractivity contribution < 1.29 is 28.7 Å². The number of carbonyl (C=O) groups excluding carboxylic acids is 4. The normalized spacial score (nSPS) is 16.7. The number of urea groups is 1. The molecule has 3 unspecified atom stereocenters. The molecule has 0 bridgehead atoms. The molecule has 41 heavy (non-hydrogen) atoms. The fraction of sp³-hybridized carbons (Fsp3) is 0.429. The van der Waals surface area contributed by atoms with Gasteiger partial charge in [0.25, 0.3) is 5.91 Å². The third-order valence-corrected chi connectivity index (χ3v) is 7.67. The molecule has 2 aromatic carbocycles. The number of hydrogen-bond donors (Lipinski definition) is 2. The Hall–Kier alpha value is -3.15. The average Bonchev–Trinajstić information content (AvgIpc) is 3.19. The Morgan fingerprint density at radius 3 is 2.17 bits per heavy atom. The highest BCUT2D eigenvalue weighted by Crippen LogP contribution is 2.32. The predicted octanol–water partition coefficient (Wildman–Crippen LogP) is 6.03. The number of alkyl carbamates (subject to hydrolysis) is 1. The first-order valence-electron chi connectivity index (χ1n) is 13.0. The van der Waals surface area contributed by atoms with Crippen molar-refractivity contribution in [1.29, 1.82) is 0 Å². The number of nitrogens with zero attached hydrogens (tertiary/aromatic N) is 2. The smallest absolute Gasteiger partial charge is 0.408 e. The van der Waals surface area contributed by atoms with E-state index in [0.717, 1.165) is 17.5 Å². The molecule has 3 atom stereocenters. The lowest BCUT2D eigenvalue weighted by atomic mass is 9.99. The molecule has 0 aromatic heterocycles. The summed E-state index contributed by atoms with van der Waals surface area (Å²) in [5, 5.41) is 6.43. The minimum atomic E-state index is -1.01. The molecule has 1 heterocycles. The maximum atomic E-state index is 13.4. The minimum Gasteiger partial charge on any atom is -0.444 e. The number of rotatable bonds is 10. The SMILES string of the molecule is CCC(C)C(NC(=O)OC(C)(C)C)C(=O)OCN1C(=O)N(Cc2ccc(Cl)cc2)SC1NC(=O)c1ccc(Cl)cc1. The minimum absolute atomic E-state index is 0.216. The Morgan fingerprint density at radius 2 is 1.61 bits per heavy atom. The van der Waals surface area contributed by atoms with Gasteiger partial charge >= 0.3 is 18.1 Å². The van der Waals surface area contributed by atoms with Crippen molar-refractivity contribution in [2.45, 2.75) is 64.7 Å². The maximum Gasteiger partial charge on any atom is 0.408 e. The van der Waals surface area contributed by atoms with Gasteiger partial charge in [-0.1, -0.05) is 55.6 Å². The molecule has 0 saturated carbocycles. The topological polar surface area (TPSA) is 117 Å². The molecule has 13 heteroatoms. The fourth-order valence-electron chi connectivity index (χ4n) is 3.68. The third kappa shape index (κ3) is 9.44. The van der Waals surface area contributed by atoms with Crippen LogP contribution in [-0.2, 0) is 20.8 Å².